The van der Waals surface area contributed by atoms with Crippen molar-refractivity contribution >= 4 is 18.0 Å². The van der Waals surface area contributed by atoms with E-state index in [9.17, 15) is 22.5 Å². The molecule has 0 saturated carbocycles. The normalized spacial score (nSPS) is 16.8. The fourth-order valence-corrected chi connectivity index (χ4v) is 6.98. The Bertz CT molecular complexity index is 840. The van der Waals surface area contributed by atoms with Crippen LogP contribution in [0.5, 0.6) is 0 Å². The van der Waals surface area contributed by atoms with Crippen molar-refractivity contribution in [3.63, 3.8) is 0 Å². The first-order valence-corrected chi connectivity index (χ1v) is 11.0. The lowest BCUT2D eigenvalue weighted by molar-refractivity contribution is -0.140. The molecule has 152 valence electrons. The van der Waals surface area contributed by atoms with E-state index in [4.69, 9.17) is 0 Å². The van der Waals surface area contributed by atoms with Crippen molar-refractivity contribution in [3.05, 3.63) is 66.2 Å². The molecule has 0 heterocycles. The highest BCUT2D eigenvalue weighted by molar-refractivity contribution is 7.88. The van der Waals surface area contributed by atoms with Crippen LogP contribution in [-0.2, 0) is 4.57 Å². The molecule has 0 amide bonds. The molecule has 2 nitrogen and oxygen atoms in total. The first-order chi connectivity index (χ1) is 12.9. The number of alkyl halides is 3. The summed E-state index contributed by atoms with van der Waals surface area (Å²) in [6.07, 6.45) is -4.59. The number of halogens is 3. The van der Waals surface area contributed by atoms with Crippen LogP contribution in [-0.4, -0.2) is 17.4 Å². The number of carbonyl (C=O) groups excluding carboxylic acids is 1. The maximum absolute atomic E-state index is 14.3. The lowest BCUT2D eigenvalue weighted by atomic mass is 9.84. The maximum Gasteiger partial charge on any atom is 0.399 e. The van der Waals surface area contributed by atoms with Crippen molar-refractivity contribution in [3.8, 4) is 0 Å². The summed E-state index contributed by atoms with van der Waals surface area (Å²) in [5.74, 6) is -0.987. The fourth-order valence-electron chi connectivity index (χ4n) is 3.79. The zero-order chi connectivity index (χ0) is 21.2. The molecule has 2 aromatic rings. The summed E-state index contributed by atoms with van der Waals surface area (Å²) in [7, 11) is -4.52. The van der Waals surface area contributed by atoms with Gasteiger partial charge in [-0.3, -0.25) is 4.79 Å². The zero-order valence-corrected chi connectivity index (χ0v) is 17.4. The molecule has 3 atom stereocenters. The summed E-state index contributed by atoms with van der Waals surface area (Å²) >= 11 is 0. The third kappa shape index (κ3) is 4.94. The Morgan fingerprint density at radius 1 is 0.929 bits per heavy atom. The molecule has 0 saturated heterocycles. The number of rotatable bonds is 6. The van der Waals surface area contributed by atoms with E-state index < -0.39 is 35.8 Å². The average Bonchev–Trinajstić information content (AvgIpc) is 2.59. The summed E-state index contributed by atoms with van der Waals surface area (Å²) in [5.41, 5.74) is -3.55. The second kappa shape index (κ2) is 8.24. The van der Waals surface area contributed by atoms with E-state index in [1.807, 2.05) is 20.8 Å². The third-order valence-electron chi connectivity index (χ3n) is 4.66. The number of benzene rings is 2. The van der Waals surface area contributed by atoms with Gasteiger partial charge >= 0.3 is 6.18 Å². The summed E-state index contributed by atoms with van der Waals surface area (Å²) in [5, 5.41) is -0.0491. The summed E-state index contributed by atoms with van der Waals surface area (Å²) in [6, 6.07) is 15.0. The molecule has 0 aliphatic rings. The van der Waals surface area contributed by atoms with Crippen LogP contribution in [0, 0.1) is 11.3 Å². The molecule has 0 radical (unpaired) electrons. The van der Waals surface area contributed by atoms with Crippen LogP contribution in [0.1, 0.15) is 44.5 Å². The van der Waals surface area contributed by atoms with Crippen molar-refractivity contribution in [2.75, 3.05) is 0 Å². The second-order valence-electron chi connectivity index (χ2n) is 8.39. The van der Waals surface area contributed by atoms with Gasteiger partial charge in [0.25, 0.3) is 0 Å². The van der Waals surface area contributed by atoms with Crippen LogP contribution >= 0.6 is 7.14 Å². The zero-order valence-electron chi connectivity index (χ0n) is 16.5. The van der Waals surface area contributed by atoms with E-state index in [0.717, 1.165) is 0 Å². The Hall–Kier alpha value is -1.87. The van der Waals surface area contributed by atoms with Crippen molar-refractivity contribution < 1.29 is 22.5 Å². The van der Waals surface area contributed by atoms with Gasteiger partial charge in [0.15, 0.2) is 7.14 Å². The summed E-state index contributed by atoms with van der Waals surface area (Å²) in [6.45, 7) is 6.95. The molecule has 0 bridgehead atoms. The topological polar surface area (TPSA) is 34.1 Å². The highest BCUT2D eigenvalue weighted by atomic mass is 31.2. The van der Waals surface area contributed by atoms with Crippen LogP contribution in [0.2, 0.25) is 0 Å². The van der Waals surface area contributed by atoms with E-state index in [0.29, 0.717) is 0 Å². The van der Waals surface area contributed by atoms with Crippen LogP contribution in [0.3, 0.4) is 0 Å². The van der Waals surface area contributed by atoms with Crippen LogP contribution < -0.4 is 5.30 Å². The van der Waals surface area contributed by atoms with E-state index in [1.165, 1.54) is 43.3 Å². The largest absolute Gasteiger partial charge is 0.399 e. The molecule has 6 heteroatoms. The second-order valence-corrected chi connectivity index (χ2v) is 11.2. The highest BCUT2D eigenvalue weighted by Crippen LogP contribution is 2.61. The van der Waals surface area contributed by atoms with Crippen LogP contribution in [0.25, 0.3) is 0 Å². The Kier molecular flexibility index (Phi) is 6.60. The van der Waals surface area contributed by atoms with Crippen molar-refractivity contribution in [1.82, 2.24) is 0 Å². The molecule has 0 aliphatic carbocycles. The van der Waals surface area contributed by atoms with E-state index in [2.05, 4.69) is 0 Å². The minimum Gasteiger partial charge on any atom is -0.310 e. The number of carbonyl (C=O) groups is 1. The molecule has 3 unspecified atom stereocenters. The molecule has 0 aliphatic heterocycles. The SMILES string of the molecule is CC(CC(C)(C)C)C(C(F)(F)F)P(=O)(C(=O)c1ccccc1)c1ccccc1. The van der Waals surface area contributed by atoms with Gasteiger partial charge in [0.2, 0.25) is 5.52 Å². The predicted molar refractivity (Wildman–Crippen MR) is 108 cm³/mol. The first-order valence-electron chi connectivity index (χ1n) is 9.19. The number of hydrogen-bond acceptors (Lipinski definition) is 2. The van der Waals surface area contributed by atoms with Gasteiger partial charge in [0.1, 0.15) is 5.66 Å². The van der Waals surface area contributed by atoms with Crippen LogP contribution in [0.15, 0.2) is 60.7 Å². The van der Waals surface area contributed by atoms with Crippen molar-refractivity contribution in [2.24, 2.45) is 11.3 Å². The van der Waals surface area contributed by atoms with E-state index >= 15 is 0 Å². The van der Waals surface area contributed by atoms with Gasteiger partial charge < -0.3 is 4.57 Å². The van der Waals surface area contributed by atoms with Gasteiger partial charge in [0, 0.05) is 10.9 Å². The minimum atomic E-state index is -4.78. The van der Waals surface area contributed by atoms with Gasteiger partial charge in [-0.05, 0) is 17.8 Å². The van der Waals surface area contributed by atoms with Gasteiger partial charge in [-0.2, -0.15) is 13.2 Å². The van der Waals surface area contributed by atoms with E-state index in [1.54, 1.807) is 24.3 Å². The monoisotopic (exact) mass is 410 g/mol. The highest BCUT2D eigenvalue weighted by Gasteiger charge is 2.58. The maximum atomic E-state index is 14.3. The van der Waals surface area contributed by atoms with Crippen LogP contribution in [0.4, 0.5) is 13.2 Å². The summed E-state index contributed by atoms with van der Waals surface area (Å²) in [4.78, 5) is 13.3. The third-order valence-corrected chi connectivity index (χ3v) is 8.17. The quantitative estimate of drug-likeness (QED) is 0.508. The molecule has 28 heavy (non-hydrogen) atoms. The predicted octanol–water partition coefficient (Wildman–Crippen LogP) is 6.52. The molecule has 0 fully saturated rings. The van der Waals surface area contributed by atoms with Gasteiger partial charge in [-0.1, -0.05) is 88.4 Å². The average molecular weight is 410 g/mol. The fraction of sp³-hybridized carbons (Fsp3) is 0.409. The molecule has 0 aromatic heterocycles. The van der Waals surface area contributed by atoms with Gasteiger partial charge in [0.05, 0.1) is 0 Å². The Morgan fingerprint density at radius 2 is 1.39 bits per heavy atom. The smallest absolute Gasteiger partial charge is 0.310 e. The Labute approximate surface area is 164 Å². The minimum absolute atomic E-state index is 0.0342. The van der Waals surface area contributed by atoms with Crippen molar-refractivity contribution in [2.45, 2.75) is 46.0 Å². The first kappa shape index (κ1) is 22.4. The Morgan fingerprint density at radius 3 is 1.82 bits per heavy atom. The lowest BCUT2D eigenvalue weighted by Crippen LogP contribution is -2.41. The van der Waals surface area contributed by atoms with Gasteiger partial charge in [-0.15, -0.1) is 0 Å². The number of hydrogen-bond donors (Lipinski definition) is 0. The molecular formula is C22H26F3O2P. The molecule has 0 spiro atoms. The molecule has 0 N–H and O–H groups in total. The standard InChI is InChI=1S/C22H26F3O2P/c1-16(15-21(2,3)4)19(22(23,24)25)28(27,18-13-9-6-10-14-18)20(26)17-11-7-5-8-12-17/h5-14,16,19H,15H2,1-4H3. The lowest BCUT2D eigenvalue weighted by Gasteiger charge is -2.35. The Balaban J connectivity index is 2.71. The molecular weight excluding hydrogens is 384 g/mol. The molecule has 2 rings (SSSR count). The molecule has 2 aromatic carbocycles. The van der Waals surface area contributed by atoms with Crippen molar-refractivity contribution in [1.29, 1.82) is 0 Å². The van der Waals surface area contributed by atoms with Gasteiger partial charge in [-0.25, -0.2) is 0 Å². The summed E-state index contributed by atoms with van der Waals surface area (Å²) < 4.78 is 57.0. The van der Waals surface area contributed by atoms with E-state index in [-0.39, 0.29) is 17.3 Å².